The molecule has 0 saturated heterocycles. The van der Waals surface area contributed by atoms with Crippen LogP contribution < -0.4 is 4.72 Å². The molecule has 150 valence electrons. The maximum Gasteiger partial charge on any atom is 0.321 e. The highest BCUT2D eigenvalue weighted by atomic mass is 32.2. The normalized spacial score (nSPS) is 13.8. The monoisotopic (exact) mass is 406 g/mol. The van der Waals surface area contributed by atoms with Crippen LogP contribution in [0.15, 0.2) is 27.6 Å². The maximum absolute atomic E-state index is 12.3. The van der Waals surface area contributed by atoms with Crippen LogP contribution in [0.4, 0.5) is 0 Å². The number of sulfonamides is 1. The Morgan fingerprint density at radius 2 is 1.89 bits per heavy atom. The van der Waals surface area contributed by atoms with Gasteiger partial charge < -0.3 is 9.26 Å². The van der Waals surface area contributed by atoms with Gasteiger partial charge in [-0.3, -0.25) is 9.59 Å². The minimum atomic E-state index is -3.97. The van der Waals surface area contributed by atoms with Crippen molar-refractivity contribution in [3.8, 4) is 0 Å². The van der Waals surface area contributed by atoms with Crippen LogP contribution in [-0.4, -0.2) is 38.5 Å². The number of carbonyl (C=O) groups excluding carboxylic acids is 2. The first-order valence-electron chi connectivity index (χ1n) is 9.01. The van der Waals surface area contributed by atoms with Gasteiger partial charge in [0.15, 0.2) is 18.2 Å². The number of nitrogens with zero attached hydrogens (tertiary/aromatic N) is 1. The molecule has 1 aliphatic carbocycles. The molecule has 1 aromatic heterocycles. The maximum atomic E-state index is 12.3. The minimum absolute atomic E-state index is 0.106. The van der Waals surface area contributed by atoms with Crippen molar-refractivity contribution in [2.45, 2.75) is 44.4 Å². The molecule has 0 amide bonds. The van der Waals surface area contributed by atoms with Crippen LogP contribution in [0, 0.1) is 13.8 Å². The number of carbonyl (C=O) groups is 2. The van der Waals surface area contributed by atoms with Crippen LogP contribution in [-0.2, 0) is 32.4 Å². The predicted molar refractivity (Wildman–Crippen MR) is 99.5 cm³/mol. The van der Waals surface area contributed by atoms with E-state index < -0.39 is 29.1 Å². The highest BCUT2D eigenvalue weighted by molar-refractivity contribution is 7.89. The van der Waals surface area contributed by atoms with Crippen molar-refractivity contribution < 1.29 is 27.3 Å². The minimum Gasteiger partial charge on any atom is -0.456 e. The first-order valence-corrected chi connectivity index (χ1v) is 10.5. The number of hydrogen-bond acceptors (Lipinski definition) is 7. The quantitative estimate of drug-likeness (QED) is 0.551. The molecule has 3 rings (SSSR count). The Bertz CT molecular complexity index is 990. The zero-order valence-corrected chi connectivity index (χ0v) is 16.6. The van der Waals surface area contributed by atoms with E-state index in [2.05, 4.69) is 9.88 Å². The average molecular weight is 406 g/mol. The van der Waals surface area contributed by atoms with Crippen LogP contribution >= 0.6 is 0 Å². The second kappa shape index (κ2) is 8.24. The van der Waals surface area contributed by atoms with E-state index in [0.29, 0.717) is 5.56 Å². The molecule has 1 heterocycles. The number of ether oxygens (including phenoxy) is 1. The second-order valence-electron chi connectivity index (χ2n) is 6.75. The molecule has 0 radical (unpaired) electrons. The summed E-state index contributed by atoms with van der Waals surface area (Å²) in [7, 11) is -3.97. The summed E-state index contributed by atoms with van der Waals surface area (Å²) in [5, 5.41) is 3.58. The third-order valence-corrected chi connectivity index (χ3v) is 6.32. The first-order chi connectivity index (χ1) is 13.3. The molecule has 9 heteroatoms. The molecule has 28 heavy (non-hydrogen) atoms. The van der Waals surface area contributed by atoms with Gasteiger partial charge in [-0.15, -0.1) is 0 Å². The van der Waals surface area contributed by atoms with Crippen LogP contribution in [0.5, 0.6) is 0 Å². The van der Waals surface area contributed by atoms with E-state index in [0.717, 1.165) is 31.2 Å². The molecule has 1 aromatic carbocycles. The van der Waals surface area contributed by atoms with Gasteiger partial charge in [0.2, 0.25) is 10.0 Å². The smallest absolute Gasteiger partial charge is 0.321 e. The van der Waals surface area contributed by atoms with Crippen molar-refractivity contribution in [3.63, 3.8) is 0 Å². The number of Topliss-reactive ketones (excluding diaryl/α,β-unsaturated/α-hetero) is 1. The summed E-state index contributed by atoms with van der Waals surface area (Å²) in [6, 6.07) is 5.53. The Hall–Kier alpha value is -2.52. The van der Waals surface area contributed by atoms with Gasteiger partial charge in [-0.2, -0.15) is 4.72 Å². The molecule has 0 spiro atoms. The summed E-state index contributed by atoms with van der Waals surface area (Å²) >= 11 is 0. The van der Waals surface area contributed by atoms with Gasteiger partial charge in [-0.1, -0.05) is 17.3 Å². The summed E-state index contributed by atoms with van der Waals surface area (Å²) in [4.78, 5) is 24.0. The van der Waals surface area contributed by atoms with Crippen LogP contribution in [0.1, 0.15) is 45.8 Å². The fourth-order valence-corrected chi connectivity index (χ4v) is 4.57. The summed E-state index contributed by atoms with van der Waals surface area (Å²) in [6.45, 7) is 1.92. The summed E-state index contributed by atoms with van der Waals surface area (Å²) in [6.07, 6.45) is 4.22. The van der Waals surface area contributed by atoms with Gasteiger partial charge in [0.05, 0.1) is 0 Å². The first kappa shape index (κ1) is 20.2. The Kier molecular flexibility index (Phi) is 5.95. The van der Waals surface area contributed by atoms with Crippen molar-refractivity contribution in [2.75, 3.05) is 13.2 Å². The van der Waals surface area contributed by atoms with Crippen LogP contribution in [0.3, 0.4) is 0 Å². The van der Waals surface area contributed by atoms with Gasteiger partial charge >= 0.3 is 5.97 Å². The molecular weight excluding hydrogens is 384 g/mol. The van der Waals surface area contributed by atoms with Gasteiger partial charge in [0, 0.05) is 5.56 Å². The number of ketones is 1. The molecule has 0 bridgehead atoms. The molecule has 0 atom stereocenters. The lowest BCUT2D eigenvalue weighted by Gasteiger charge is -2.16. The lowest BCUT2D eigenvalue weighted by molar-refractivity contribution is -0.141. The standard InChI is InChI=1S/C19H22N2O6S/c1-12-19(13(2)27-21-12)28(24,25)20-10-18(23)26-11-17(22)16-8-7-14-5-3-4-6-15(14)9-16/h7-9,20H,3-6,10-11H2,1-2H3. The Balaban J connectivity index is 1.54. The molecule has 0 fully saturated rings. The number of nitrogens with one attached hydrogen (secondary N) is 1. The SMILES string of the molecule is Cc1noc(C)c1S(=O)(=O)NCC(=O)OCC(=O)c1ccc2c(c1)CCCC2. The van der Waals surface area contributed by atoms with Crippen molar-refractivity contribution in [1.82, 2.24) is 9.88 Å². The number of aryl methyl sites for hydroxylation is 4. The van der Waals surface area contributed by atoms with Crippen LogP contribution in [0.25, 0.3) is 0 Å². The molecule has 1 N–H and O–H groups in total. The number of aromatic nitrogens is 1. The number of benzene rings is 1. The van der Waals surface area contributed by atoms with E-state index in [1.54, 1.807) is 6.07 Å². The summed E-state index contributed by atoms with van der Waals surface area (Å²) in [5.74, 6) is -1.04. The van der Waals surface area contributed by atoms with E-state index in [1.807, 2.05) is 12.1 Å². The number of fused-ring (bicyclic) bond motifs is 1. The molecule has 0 aliphatic heterocycles. The number of rotatable bonds is 7. The summed E-state index contributed by atoms with van der Waals surface area (Å²) < 4.78 is 36.4. The predicted octanol–water partition coefficient (Wildman–Crippen LogP) is 1.87. The van der Waals surface area contributed by atoms with Crippen molar-refractivity contribution in [1.29, 1.82) is 0 Å². The fourth-order valence-electron chi connectivity index (χ4n) is 3.27. The van der Waals surface area contributed by atoms with Crippen molar-refractivity contribution in [3.05, 3.63) is 46.3 Å². The highest BCUT2D eigenvalue weighted by Crippen LogP contribution is 2.22. The lowest BCUT2D eigenvalue weighted by atomic mass is 9.90. The molecule has 0 saturated carbocycles. The number of esters is 1. The summed E-state index contributed by atoms with van der Waals surface area (Å²) in [5.41, 5.74) is 3.11. The van der Waals surface area contributed by atoms with Gasteiger partial charge in [0.1, 0.15) is 17.1 Å². The topological polar surface area (TPSA) is 116 Å². The van der Waals surface area contributed by atoms with Crippen molar-refractivity contribution in [2.24, 2.45) is 0 Å². The van der Waals surface area contributed by atoms with E-state index >= 15 is 0 Å². The molecular formula is C19H22N2O6S. The van der Waals surface area contributed by atoms with E-state index in [1.165, 1.54) is 19.4 Å². The molecule has 0 unspecified atom stereocenters. The highest BCUT2D eigenvalue weighted by Gasteiger charge is 2.25. The zero-order chi connectivity index (χ0) is 20.3. The second-order valence-corrected chi connectivity index (χ2v) is 8.46. The van der Waals surface area contributed by atoms with E-state index in [-0.39, 0.29) is 22.1 Å². The fraction of sp³-hybridized carbons (Fsp3) is 0.421. The van der Waals surface area contributed by atoms with E-state index in [4.69, 9.17) is 9.26 Å². The molecule has 2 aromatic rings. The molecule has 8 nitrogen and oxygen atoms in total. The van der Waals surface area contributed by atoms with Gasteiger partial charge in [-0.25, -0.2) is 8.42 Å². The average Bonchev–Trinajstić information content (AvgIpc) is 3.03. The largest absolute Gasteiger partial charge is 0.456 e. The zero-order valence-electron chi connectivity index (χ0n) is 15.8. The van der Waals surface area contributed by atoms with E-state index in [9.17, 15) is 18.0 Å². The Morgan fingerprint density at radius 3 is 2.57 bits per heavy atom. The Labute approximate surface area is 163 Å². The lowest BCUT2D eigenvalue weighted by Crippen LogP contribution is -2.32. The third-order valence-electron chi connectivity index (χ3n) is 4.68. The van der Waals surface area contributed by atoms with Gasteiger partial charge in [-0.05, 0) is 56.7 Å². The van der Waals surface area contributed by atoms with Crippen molar-refractivity contribution >= 4 is 21.8 Å². The van der Waals surface area contributed by atoms with Crippen LogP contribution in [0.2, 0.25) is 0 Å². The number of hydrogen-bond donors (Lipinski definition) is 1. The van der Waals surface area contributed by atoms with Gasteiger partial charge in [0.25, 0.3) is 0 Å². The third kappa shape index (κ3) is 4.48. The molecule has 1 aliphatic rings. The Morgan fingerprint density at radius 1 is 1.18 bits per heavy atom.